The van der Waals surface area contributed by atoms with E-state index in [4.69, 9.17) is 4.74 Å². The number of urea groups is 1. The Morgan fingerprint density at radius 3 is 2.71 bits per heavy atom. The summed E-state index contributed by atoms with van der Waals surface area (Å²) < 4.78 is 18.5. The molecule has 0 saturated carbocycles. The van der Waals surface area contributed by atoms with Crippen LogP contribution in [-0.2, 0) is 21.7 Å². The van der Waals surface area contributed by atoms with Gasteiger partial charge in [-0.3, -0.25) is 14.5 Å². The summed E-state index contributed by atoms with van der Waals surface area (Å²) in [6, 6.07) is 12.1. The minimum Gasteiger partial charge on any atom is -0.493 e. The van der Waals surface area contributed by atoms with Crippen molar-refractivity contribution in [2.75, 3.05) is 13.2 Å². The lowest BCUT2D eigenvalue weighted by Crippen LogP contribution is -2.48. The highest BCUT2D eigenvalue weighted by Gasteiger charge is 2.55. The lowest BCUT2D eigenvalue weighted by molar-refractivity contribution is -0.136. The maximum atomic E-state index is 13.1. The predicted octanol–water partition coefficient (Wildman–Crippen LogP) is 1.67. The van der Waals surface area contributed by atoms with Crippen LogP contribution in [0.5, 0.6) is 5.75 Å². The number of nitrogens with one attached hydrogen (secondary N) is 2. The molecule has 1 atom stereocenters. The maximum absolute atomic E-state index is 13.1. The number of amides is 4. The van der Waals surface area contributed by atoms with Crippen LogP contribution in [0.25, 0.3) is 0 Å². The van der Waals surface area contributed by atoms with Crippen molar-refractivity contribution in [3.8, 4) is 5.75 Å². The van der Waals surface area contributed by atoms with E-state index in [0.717, 1.165) is 4.90 Å². The van der Waals surface area contributed by atoms with Gasteiger partial charge in [0, 0.05) is 18.5 Å². The molecule has 0 unspecified atom stereocenters. The molecule has 28 heavy (non-hydrogen) atoms. The number of carbonyl (C=O) groups excluding carboxylic acids is 3. The van der Waals surface area contributed by atoms with E-state index in [9.17, 15) is 18.8 Å². The molecule has 0 aliphatic carbocycles. The third-order valence-electron chi connectivity index (χ3n) is 4.96. The molecule has 1 fully saturated rings. The molecule has 1 saturated heterocycles. The Morgan fingerprint density at radius 2 is 1.93 bits per heavy atom. The molecule has 1 spiro atoms. The van der Waals surface area contributed by atoms with Crippen LogP contribution in [-0.4, -0.2) is 35.9 Å². The molecule has 7 nitrogen and oxygen atoms in total. The number of halogens is 1. The Bertz CT molecular complexity index is 947. The molecule has 4 rings (SSSR count). The van der Waals surface area contributed by atoms with Crippen LogP contribution in [0, 0.1) is 5.82 Å². The second kappa shape index (κ2) is 6.95. The van der Waals surface area contributed by atoms with Gasteiger partial charge in [0.2, 0.25) is 5.91 Å². The first-order valence-corrected chi connectivity index (χ1v) is 8.87. The van der Waals surface area contributed by atoms with Gasteiger partial charge in [-0.1, -0.05) is 30.3 Å². The topological polar surface area (TPSA) is 87.7 Å². The molecule has 2 heterocycles. The summed E-state index contributed by atoms with van der Waals surface area (Å²) in [7, 11) is 0. The van der Waals surface area contributed by atoms with Crippen LogP contribution in [0.3, 0.4) is 0 Å². The third kappa shape index (κ3) is 3.06. The number of hydrogen-bond donors (Lipinski definition) is 2. The summed E-state index contributed by atoms with van der Waals surface area (Å²) >= 11 is 0. The van der Waals surface area contributed by atoms with Crippen LogP contribution in [0.1, 0.15) is 17.5 Å². The molecule has 0 bridgehead atoms. The molecule has 2 aliphatic rings. The molecule has 8 heteroatoms. The van der Waals surface area contributed by atoms with Gasteiger partial charge in [-0.05, 0) is 23.8 Å². The van der Waals surface area contributed by atoms with Crippen LogP contribution in [0.2, 0.25) is 0 Å². The fourth-order valence-corrected chi connectivity index (χ4v) is 3.52. The van der Waals surface area contributed by atoms with Gasteiger partial charge in [0.25, 0.3) is 5.91 Å². The fraction of sp³-hybridized carbons (Fsp3) is 0.250. The van der Waals surface area contributed by atoms with Gasteiger partial charge >= 0.3 is 6.03 Å². The average molecular weight is 383 g/mol. The van der Waals surface area contributed by atoms with Gasteiger partial charge < -0.3 is 15.4 Å². The molecule has 2 N–H and O–H groups in total. The number of imide groups is 1. The third-order valence-corrected chi connectivity index (χ3v) is 4.96. The van der Waals surface area contributed by atoms with Crippen LogP contribution in [0.15, 0.2) is 48.5 Å². The number of benzene rings is 2. The van der Waals surface area contributed by atoms with Gasteiger partial charge in [0.15, 0.2) is 5.54 Å². The Balaban J connectivity index is 1.46. The first kappa shape index (κ1) is 18.0. The monoisotopic (exact) mass is 383 g/mol. The van der Waals surface area contributed by atoms with E-state index >= 15 is 0 Å². The quantitative estimate of drug-likeness (QED) is 0.787. The average Bonchev–Trinajstić information content (AvgIpc) is 2.93. The minimum absolute atomic E-state index is 0.171. The van der Waals surface area contributed by atoms with E-state index in [-0.39, 0.29) is 19.0 Å². The number of carbonyl (C=O) groups is 3. The highest BCUT2D eigenvalue weighted by atomic mass is 19.1. The molecule has 2 aromatic rings. The van der Waals surface area contributed by atoms with Crippen molar-refractivity contribution < 1.29 is 23.5 Å². The largest absolute Gasteiger partial charge is 0.493 e. The summed E-state index contributed by atoms with van der Waals surface area (Å²) in [5.41, 5.74) is 0.0963. The SMILES string of the molecule is O=C(CN1C(=O)N[C@]2(CCOc3ccccc32)C1=O)NCc1ccc(F)cc1. The number of fused-ring (bicyclic) bond motifs is 2. The molecule has 2 aromatic carbocycles. The molecule has 4 amide bonds. The van der Waals surface area contributed by atoms with E-state index in [0.29, 0.717) is 23.3 Å². The van der Waals surface area contributed by atoms with Crippen LogP contribution < -0.4 is 15.4 Å². The second-order valence-corrected chi connectivity index (χ2v) is 6.72. The maximum Gasteiger partial charge on any atom is 0.325 e. The summed E-state index contributed by atoms with van der Waals surface area (Å²) in [5.74, 6) is -0.767. The van der Waals surface area contributed by atoms with Crippen molar-refractivity contribution in [2.45, 2.75) is 18.5 Å². The van der Waals surface area contributed by atoms with Crippen molar-refractivity contribution in [1.29, 1.82) is 0 Å². The van der Waals surface area contributed by atoms with Gasteiger partial charge in [-0.25, -0.2) is 9.18 Å². The van der Waals surface area contributed by atoms with E-state index in [1.54, 1.807) is 36.4 Å². The second-order valence-electron chi connectivity index (χ2n) is 6.72. The standard InChI is InChI=1S/C20H18FN3O4/c21-14-7-5-13(6-8-14)11-22-17(25)12-24-18(26)20(23-19(24)27)9-10-28-16-4-2-1-3-15(16)20/h1-8H,9-12H2,(H,22,25)(H,23,27)/t20-/m0/s1. The Morgan fingerprint density at radius 1 is 1.18 bits per heavy atom. The zero-order chi connectivity index (χ0) is 19.7. The Hall–Kier alpha value is -3.42. The van der Waals surface area contributed by atoms with Crippen LogP contribution in [0.4, 0.5) is 9.18 Å². The lowest BCUT2D eigenvalue weighted by atomic mass is 9.84. The summed E-state index contributed by atoms with van der Waals surface area (Å²) in [4.78, 5) is 38.7. The van der Waals surface area contributed by atoms with Crippen LogP contribution >= 0.6 is 0 Å². The minimum atomic E-state index is -1.21. The Labute approximate surface area is 160 Å². The highest BCUT2D eigenvalue weighted by Crippen LogP contribution is 2.40. The molecule has 144 valence electrons. The van der Waals surface area contributed by atoms with E-state index in [1.165, 1.54) is 12.1 Å². The van der Waals surface area contributed by atoms with Crippen molar-refractivity contribution in [1.82, 2.24) is 15.5 Å². The highest BCUT2D eigenvalue weighted by molar-refractivity contribution is 6.09. The fourth-order valence-electron chi connectivity index (χ4n) is 3.52. The normalized spacial score (nSPS) is 20.5. The number of hydrogen-bond acceptors (Lipinski definition) is 4. The van der Waals surface area contributed by atoms with Crippen molar-refractivity contribution in [2.24, 2.45) is 0 Å². The van der Waals surface area contributed by atoms with E-state index in [2.05, 4.69) is 10.6 Å². The van der Waals surface area contributed by atoms with E-state index in [1.807, 2.05) is 0 Å². The lowest BCUT2D eigenvalue weighted by Gasteiger charge is -2.33. The molecule has 0 radical (unpaired) electrons. The summed E-state index contributed by atoms with van der Waals surface area (Å²) in [6.07, 6.45) is 0.294. The number of ether oxygens (including phenoxy) is 1. The van der Waals surface area contributed by atoms with Crippen molar-refractivity contribution >= 4 is 17.8 Å². The van der Waals surface area contributed by atoms with Gasteiger partial charge in [-0.15, -0.1) is 0 Å². The molecule has 2 aliphatic heterocycles. The smallest absolute Gasteiger partial charge is 0.325 e. The molecular formula is C20H18FN3O4. The van der Waals surface area contributed by atoms with Crippen molar-refractivity contribution in [3.63, 3.8) is 0 Å². The first-order chi connectivity index (χ1) is 13.5. The zero-order valence-electron chi connectivity index (χ0n) is 14.9. The number of nitrogens with zero attached hydrogens (tertiary/aromatic N) is 1. The van der Waals surface area contributed by atoms with Crippen molar-refractivity contribution in [3.05, 3.63) is 65.5 Å². The zero-order valence-corrected chi connectivity index (χ0v) is 14.9. The summed E-state index contributed by atoms with van der Waals surface area (Å²) in [6.45, 7) is 0.0643. The summed E-state index contributed by atoms with van der Waals surface area (Å²) in [5, 5.41) is 5.38. The number of para-hydroxylation sites is 1. The van der Waals surface area contributed by atoms with Gasteiger partial charge in [0.05, 0.1) is 6.61 Å². The van der Waals surface area contributed by atoms with Gasteiger partial charge in [-0.2, -0.15) is 0 Å². The number of rotatable bonds is 4. The molecular weight excluding hydrogens is 365 g/mol. The first-order valence-electron chi connectivity index (χ1n) is 8.87. The van der Waals surface area contributed by atoms with E-state index < -0.39 is 29.9 Å². The molecule has 0 aromatic heterocycles. The van der Waals surface area contributed by atoms with Gasteiger partial charge in [0.1, 0.15) is 18.1 Å². The Kier molecular flexibility index (Phi) is 4.46. The predicted molar refractivity (Wildman–Crippen MR) is 96.7 cm³/mol.